The quantitative estimate of drug-likeness (QED) is 0.101. The van der Waals surface area contributed by atoms with Crippen molar-refractivity contribution in [2.75, 3.05) is 69.1 Å². The van der Waals surface area contributed by atoms with Gasteiger partial charge >= 0.3 is 12.1 Å². The molecular formula is C28H34N6O7. The first-order valence-electron chi connectivity index (χ1n) is 12.7. The van der Waals surface area contributed by atoms with Crippen molar-refractivity contribution in [1.82, 2.24) is 4.90 Å². The normalized spacial score (nSPS) is 14.2. The number of rotatable bonds is 11. The molecule has 1 saturated heterocycles. The van der Waals surface area contributed by atoms with E-state index in [0.717, 1.165) is 0 Å². The zero-order valence-corrected chi connectivity index (χ0v) is 22.9. The van der Waals surface area contributed by atoms with Crippen LogP contribution in [0.15, 0.2) is 36.4 Å². The molecule has 0 aromatic heterocycles. The summed E-state index contributed by atoms with van der Waals surface area (Å²) in [6.45, 7) is 1.59. The van der Waals surface area contributed by atoms with Gasteiger partial charge in [-0.1, -0.05) is 24.0 Å². The Kier molecular flexibility index (Phi) is 10.5. The molecule has 13 heteroatoms. The standard InChI is InChI=1S/C28H34N6O7/c1-39-22-15-19(27(36)40-2)13-21(30)24(22)32-8-3-4-9-33-25-20(29)12-18(26(31)35)14-23(25)41-11-5-6-17-7-10-34(16-17)28(37)38/h3-4,12-15,17,32-33H,7-11,16,29-30H2,1-2H3,(H2,31,35)(H,37,38)/b4-3+. The van der Waals surface area contributed by atoms with E-state index in [1.807, 2.05) is 12.2 Å². The number of methoxy groups -OCH3 is 2. The zero-order valence-electron chi connectivity index (χ0n) is 22.9. The maximum Gasteiger partial charge on any atom is 0.407 e. The van der Waals surface area contributed by atoms with Crippen LogP contribution in [0.3, 0.4) is 0 Å². The average Bonchev–Trinajstić information content (AvgIpc) is 3.43. The molecule has 1 atom stereocenters. The fourth-order valence-corrected chi connectivity index (χ4v) is 4.15. The molecule has 2 aromatic rings. The van der Waals surface area contributed by atoms with Gasteiger partial charge in [0.25, 0.3) is 0 Å². The molecule has 0 radical (unpaired) electrons. The Bertz CT molecular complexity index is 1380. The highest BCUT2D eigenvalue weighted by atomic mass is 16.5. The van der Waals surface area contributed by atoms with Crippen LogP contribution in [0.1, 0.15) is 27.1 Å². The Balaban J connectivity index is 1.61. The van der Waals surface area contributed by atoms with Gasteiger partial charge in [0.05, 0.1) is 31.2 Å². The van der Waals surface area contributed by atoms with Crippen molar-refractivity contribution in [2.45, 2.75) is 6.42 Å². The third-order valence-electron chi connectivity index (χ3n) is 6.22. The average molecular weight is 567 g/mol. The number of hydrogen-bond donors (Lipinski definition) is 6. The summed E-state index contributed by atoms with van der Waals surface area (Å²) >= 11 is 0. The fourth-order valence-electron chi connectivity index (χ4n) is 4.15. The minimum absolute atomic E-state index is 0.0116. The highest BCUT2D eigenvalue weighted by Gasteiger charge is 2.24. The Morgan fingerprint density at radius 2 is 1.63 bits per heavy atom. The summed E-state index contributed by atoms with van der Waals surface area (Å²) in [4.78, 5) is 36.0. The number of nitrogens with zero attached hydrogens (tertiary/aromatic N) is 1. The van der Waals surface area contributed by atoms with Gasteiger partial charge in [0, 0.05) is 37.7 Å². The van der Waals surface area contributed by atoms with E-state index >= 15 is 0 Å². The van der Waals surface area contributed by atoms with Gasteiger partial charge in [-0.05, 0) is 30.7 Å². The second kappa shape index (κ2) is 14.2. The van der Waals surface area contributed by atoms with Gasteiger partial charge in [0.2, 0.25) is 5.91 Å². The van der Waals surface area contributed by atoms with Crippen LogP contribution >= 0.6 is 0 Å². The van der Waals surface area contributed by atoms with Gasteiger partial charge in [-0.15, -0.1) is 0 Å². The van der Waals surface area contributed by atoms with Gasteiger partial charge in [-0.25, -0.2) is 9.59 Å². The summed E-state index contributed by atoms with van der Waals surface area (Å²) in [5.41, 5.74) is 19.8. The van der Waals surface area contributed by atoms with Gasteiger partial charge in [-0.3, -0.25) is 4.79 Å². The molecule has 0 spiro atoms. The molecule has 9 N–H and O–H groups in total. The van der Waals surface area contributed by atoms with Crippen molar-refractivity contribution in [3.05, 3.63) is 47.5 Å². The number of ether oxygens (including phenoxy) is 3. The second-order valence-electron chi connectivity index (χ2n) is 8.99. The molecule has 0 aliphatic carbocycles. The lowest BCUT2D eigenvalue weighted by atomic mass is 10.1. The molecule has 41 heavy (non-hydrogen) atoms. The van der Waals surface area contributed by atoms with Crippen LogP contribution in [-0.4, -0.2) is 75.0 Å². The SMILES string of the molecule is COC(=O)c1cc(N)c(NC/C=C/CNc2c(N)cc(C(N)=O)cc2OCC#CC2CCN(C(=O)O)C2)c(OC)c1. The molecule has 13 nitrogen and oxygen atoms in total. The summed E-state index contributed by atoms with van der Waals surface area (Å²) in [6, 6.07) is 5.99. The van der Waals surface area contributed by atoms with E-state index in [0.29, 0.717) is 61.2 Å². The maximum atomic E-state index is 11.8. The number of carbonyl (C=O) groups is 3. The van der Waals surface area contributed by atoms with Crippen molar-refractivity contribution in [1.29, 1.82) is 0 Å². The Morgan fingerprint density at radius 1 is 1.02 bits per heavy atom. The van der Waals surface area contributed by atoms with Crippen molar-refractivity contribution >= 4 is 40.7 Å². The predicted molar refractivity (Wildman–Crippen MR) is 155 cm³/mol. The Hall–Kier alpha value is -5.25. The molecule has 1 fully saturated rings. The number of esters is 1. The van der Waals surface area contributed by atoms with E-state index in [-0.39, 0.29) is 29.3 Å². The Morgan fingerprint density at radius 3 is 2.20 bits per heavy atom. The number of hydrogen-bond acceptors (Lipinski definition) is 10. The lowest BCUT2D eigenvalue weighted by molar-refractivity contribution is 0.0600. The number of amides is 2. The number of nitrogens with one attached hydrogen (secondary N) is 2. The van der Waals surface area contributed by atoms with Crippen molar-refractivity contribution in [3.8, 4) is 23.3 Å². The summed E-state index contributed by atoms with van der Waals surface area (Å²) in [5, 5.41) is 15.4. The molecule has 3 rings (SSSR count). The first-order chi connectivity index (χ1) is 19.6. The summed E-state index contributed by atoms with van der Waals surface area (Å²) in [6.07, 6.45) is 3.40. The van der Waals surface area contributed by atoms with Crippen LogP contribution in [0.5, 0.6) is 11.5 Å². The molecule has 218 valence electrons. The first-order valence-corrected chi connectivity index (χ1v) is 12.7. The van der Waals surface area contributed by atoms with Crippen molar-refractivity contribution in [2.24, 2.45) is 11.7 Å². The number of benzene rings is 2. The first kappa shape index (κ1) is 30.3. The molecule has 0 saturated carbocycles. The number of nitrogen functional groups attached to an aromatic ring is 2. The largest absolute Gasteiger partial charge is 0.494 e. The van der Waals surface area contributed by atoms with Crippen molar-refractivity contribution < 1.29 is 33.7 Å². The molecule has 0 bridgehead atoms. The van der Waals surface area contributed by atoms with E-state index in [4.69, 9.17) is 36.5 Å². The molecule has 2 amide bonds. The van der Waals surface area contributed by atoms with Crippen LogP contribution in [0.2, 0.25) is 0 Å². The third-order valence-corrected chi connectivity index (χ3v) is 6.22. The van der Waals surface area contributed by atoms with Gasteiger partial charge in [0.15, 0.2) is 0 Å². The monoisotopic (exact) mass is 566 g/mol. The molecule has 1 aliphatic heterocycles. The zero-order chi connectivity index (χ0) is 29.9. The van der Waals surface area contributed by atoms with E-state index in [1.165, 1.54) is 37.3 Å². The van der Waals surface area contributed by atoms with E-state index in [1.54, 1.807) is 6.07 Å². The molecular weight excluding hydrogens is 532 g/mol. The molecule has 2 aromatic carbocycles. The number of nitrogens with two attached hydrogens (primary N) is 3. The van der Waals surface area contributed by atoms with Crippen LogP contribution < -0.4 is 37.3 Å². The van der Waals surface area contributed by atoms with Crippen LogP contribution in [0, 0.1) is 17.8 Å². The minimum atomic E-state index is -0.956. The summed E-state index contributed by atoms with van der Waals surface area (Å²) < 4.78 is 15.9. The highest BCUT2D eigenvalue weighted by molar-refractivity contribution is 5.96. The van der Waals surface area contributed by atoms with Gasteiger partial charge in [-0.2, -0.15) is 0 Å². The number of likely N-dealkylation sites (tertiary alicyclic amines) is 1. The summed E-state index contributed by atoms with van der Waals surface area (Å²) in [5.74, 6) is 5.41. The fraction of sp³-hybridized carbons (Fsp3) is 0.321. The lowest BCUT2D eigenvalue weighted by Crippen LogP contribution is -2.26. The number of primary amides is 1. The van der Waals surface area contributed by atoms with E-state index in [9.17, 15) is 14.4 Å². The van der Waals surface area contributed by atoms with Crippen LogP contribution in [0.4, 0.5) is 27.5 Å². The van der Waals surface area contributed by atoms with Crippen molar-refractivity contribution in [3.63, 3.8) is 0 Å². The number of carboxylic acid groups (broad SMARTS) is 1. The van der Waals surface area contributed by atoms with E-state index in [2.05, 4.69) is 22.5 Å². The highest BCUT2D eigenvalue weighted by Crippen LogP contribution is 2.33. The molecule has 1 aliphatic rings. The van der Waals surface area contributed by atoms with Gasteiger partial charge < -0.3 is 52.1 Å². The maximum absolute atomic E-state index is 11.8. The second-order valence-corrected chi connectivity index (χ2v) is 8.99. The minimum Gasteiger partial charge on any atom is -0.494 e. The van der Waals surface area contributed by atoms with E-state index < -0.39 is 18.0 Å². The number of anilines is 4. The molecule has 1 heterocycles. The molecule has 1 unspecified atom stereocenters. The topological polar surface area (TPSA) is 204 Å². The smallest absolute Gasteiger partial charge is 0.407 e. The predicted octanol–water partition coefficient (Wildman–Crippen LogP) is 2.21. The third kappa shape index (κ3) is 8.12. The van der Waals surface area contributed by atoms with Crippen LogP contribution in [0.25, 0.3) is 0 Å². The number of carbonyl (C=O) groups excluding carboxylic acids is 2. The Labute approximate surface area is 237 Å². The summed E-state index contributed by atoms with van der Waals surface area (Å²) in [7, 11) is 2.76. The lowest BCUT2D eigenvalue weighted by Gasteiger charge is -2.15. The van der Waals surface area contributed by atoms with Crippen LogP contribution in [-0.2, 0) is 4.74 Å². The van der Waals surface area contributed by atoms with Gasteiger partial charge in [0.1, 0.15) is 29.5 Å².